The molecule has 0 aromatic carbocycles. The van der Waals surface area contributed by atoms with Crippen molar-refractivity contribution in [2.24, 2.45) is 0 Å². The fraction of sp³-hybridized carbons (Fsp3) is 1.00. The van der Waals surface area contributed by atoms with Crippen molar-refractivity contribution in [1.82, 2.24) is 5.32 Å². The molecule has 0 rings (SSSR count). The fourth-order valence-electron chi connectivity index (χ4n) is 2.02. The first-order valence-electron chi connectivity index (χ1n) is 6.99. The number of hydrogen-bond donors (Lipinski definition) is 2. The standard InChI is InChI=1S/C14H31NO3/c1-13(2)15-14(3,12-16)8-5-6-10-18-11-7-9-17-4/h13,15-16H,5-12H2,1-4H3. The van der Waals surface area contributed by atoms with Crippen molar-refractivity contribution in [3.8, 4) is 0 Å². The van der Waals surface area contributed by atoms with Crippen molar-refractivity contribution >= 4 is 0 Å². The van der Waals surface area contributed by atoms with Gasteiger partial charge in [-0.05, 0) is 32.6 Å². The molecule has 0 heterocycles. The van der Waals surface area contributed by atoms with E-state index in [4.69, 9.17) is 9.47 Å². The summed E-state index contributed by atoms with van der Waals surface area (Å²) in [5.74, 6) is 0. The van der Waals surface area contributed by atoms with Crippen LogP contribution in [0.5, 0.6) is 0 Å². The highest BCUT2D eigenvalue weighted by atomic mass is 16.5. The molecule has 0 aliphatic heterocycles. The molecule has 0 radical (unpaired) electrons. The predicted molar refractivity (Wildman–Crippen MR) is 74.9 cm³/mol. The van der Waals surface area contributed by atoms with E-state index in [0.29, 0.717) is 6.04 Å². The Hall–Kier alpha value is -0.160. The molecule has 0 fully saturated rings. The molecular formula is C14H31NO3. The van der Waals surface area contributed by atoms with Crippen LogP contribution in [-0.4, -0.2) is 50.2 Å². The third-order valence-corrected chi connectivity index (χ3v) is 2.89. The number of rotatable bonds is 12. The van der Waals surface area contributed by atoms with E-state index in [0.717, 1.165) is 45.5 Å². The highest BCUT2D eigenvalue weighted by molar-refractivity contribution is 4.83. The lowest BCUT2D eigenvalue weighted by molar-refractivity contribution is 0.0963. The van der Waals surface area contributed by atoms with Gasteiger partial charge in [-0.2, -0.15) is 0 Å². The van der Waals surface area contributed by atoms with E-state index < -0.39 is 0 Å². The average Bonchev–Trinajstić information content (AvgIpc) is 2.32. The monoisotopic (exact) mass is 261 g/mol. The number of aliphatic hydroxyl groups excluding tert-OH is 1. The Morgan fingerprint density at radius 1 is 1.11 bits per heavy atom. The Bertz CT molecular complexity index is 188. The van der Waals surface area contributed by atoms with Crippen LogP contribution in [0, 0.1) is 0 Å². The summed E-state index contributed by atoms with van der Waals surface area (Å²) >= 11 is 0. The minimum absolute atomic E-state index is 0.162. The molecule has 2 N–H and O–H groups in total. The molecule has 1 unspecified atom stereocenters. The Morgan fingerprint density at radius 2 is 1.78 bits per heavy atom. The lowest BCUT2D eigenvalue weighted by atomic mass is 9.95. The van der Waals surface area contributed by atoms with E-state index in [1.807, 2.05) is 0 Å². The molecule has 4 heteroatoms. The van der Waals surface area contributed by atoms with Gasteiger partial charge in [0, 0.05) is 38.5 Å². The number of nitrogens with one attached hydrogen (secondary N) is 1. The van der Waals surface area contributed by atoms with E-state index in [-0.39, 0.29) is 12.1 Å². The Kier molecular flexibility index (Phi) is 10.6. The smallest absolute Gasteiger partial charge is 0.0610 e. The maximum atomic E-state index is 9.43. The van der Waals surface area contributed by atoms with Crippen LogP contribution in [0.4, 0.5) is 0 Å². The predicted octanol–water partition coefficient (Wildman–Crippen LogP) is 1.96. The number of hydrogen-bond acceptors (Lipinski definition) is 4. The summed E-state index contributed by atoms with van der Waals surface area (Å²) in [7, 11) is 1.71. The van der Waals surface area contributed by atoms with E-state index in [9.17, 15) is 5.11 Å². The van der Waals surface area contributed by atoms with Crippen molar-refractivity contribution in [1.29, 1.82) is 0 Å². The third-order valence-electron chi connectivity index (χ3n) is 2.89. The number of unbranched alkanes of at least 4 members (excludes halogenated alkanes) is 1. The third kappa shape index (κ3) is 9.83. The second-order valence-corrected chi connectivity index (χ2v) is 5.43. The zero-order chi connectivity index (χ0) is 13.9. The van der Waals surface area contributed by atoms with Gasteiger partial charge in [0.05, 0.1) is 6.61 Å². The van der Waals surface area contributed by atoms with Crippen LogP contribution in [0.1, 0.15) is 46.5 Å². The van der Waals surface area contributed by atoms with Gasteiger partial charge in [0.15, 0.2) is 0 Å². The van der Waals surface area contributed by atoms with E-state index in [1.165, 1.54) is 0 Å². The average molecular weight is 261 g/mol. The van der Waals surface area contributed by atoms with Gasteiger partial charge in [0.25, 0.3) is 0 Å². The summed E-state index contributed by atoms with van der Waals surface area (Å²) in [5.41, 5.74) is -0.162. The Labute approximate surface area is 112 Å². The van der Waals surface area contributed by atoms with Crippen LogP contribution in [-0.2, 0) is 9.47 Å². The van der Waals surface area contributed by atoms with Crippen LogP contribution in [0.3, 0.4) is 0 Å². The summed E-state index contributed by atoms with van der Waals surface area (Å²) in [6.07, 6.45) is 4.05. The lowest BCUT2D eigenvalue weighted by Gasteiger charge is -2.31. The fourth-order valence-corrected chi connectivity index (χ4v) is 2.02. The second-order valence-electron chi connectivity index (χ2n) is 5.43. The van der Waals surface area contributed by atoms with E-state index in [1.54, 1.807) is 7.11 Å². The minimum Gasteiger partial charge on any atom is -0.394 e. The van der Waals surface area contributed by atoms with Gasteiger partial charge in [-0.25, -0.2) is 0 Å². The largest absolute Gasteiger partial charge is 0.394 e. The van der Waals surface area contributed by atoms with Gasteiger partial charge >= 0.3 is 0 Å². The molecule has 110 valence electrons. The minimum atomic E-state index is -0.162. The number of ether oxygens (including phenoxy) is 2. The molecule has 0 bridgehead atoms. The molecule has 4 nitrogen and oxygen atoms in total. The van der Waals surface area contributed by atoms with Crippen LogP contribution >= 0.6 is 0 Å². The maximum absolute atomic E-state index is 9.43. The van der Waals surface area contributed by atoms with E-state index in [2.05, 4.69) is 26.1 Å². The quantitative estimate of drug-likeness (QED) is 0.527. The lowest BCUT2D eigenvalue weighted by Crippen LogP contribution is -2.49. The SMILES string of the molecule is COCCCOCCCCC(C)(CO)NC(C)C. The molecular weight excluding hydrogens is 230 g/mol. The molecule has 0 aliphatic carbocycles. The molecule has 0 amide bonds. The van der Waals surface area contributed by atoms with Gasteiger partial charge in [-0.1, -0.05) is 13.8 Å². The first-order chi connectivity index (χ1) is 8.54. The van der Waals surface area contributed by atoms with Crippen molar-refractivity contribution in [3.63, 3.8) is 0 Å². The maximum Gasteiger partial charge on any atom is 0.0610 e. The summed E-state index contributed by atoms with van der Waals surface area (Å²) in [6, 6.07) is 0.396. The Morgan fingerprint density at radius 3 is 2.33 bits per heavy atom. The Balaban J connectivity index is 3.50. The summed E-state index contributed by atoms with van der Waals surface area (Å²) in [5, 5.41) is 12.8. The summed E-state index contributed by atoms with van der Waals surface area (Å²) in [6.45, 7) is 8.80. The van der Waals surface area contributed by atoms with Crippen LogP contribution < -0.4 is 5.32 Å². The van der Waals surface area contributed by atoms with Crippen molar-refractivity contribution < 1.29 is 14.6 Å². The topological polar surface area (TPSA) is 50.7 Å². The summed E-state index contributed by atoms with van der Waals surface area (Å²) < 4.78 is 10.5. The highest BCUT2D eigenvalue weighted by Crippen LogP contribution is 2.14. The zero-order valence-electron chi connectivity index (χ0n) is 12.5. The van der Waals surface area contributed by atoms with Crippen molar-refractivity contribution in [2.75, 3.05) is 33.5 Å². The second kappa shape index (κ2) is 10.7. The molecule has 18 heavy (non-hydrogen) atoms. The number of aliphatic hydroxyl groups is 1. The van der Waals surface area contributed by atoms with Gasteiger partial charge in [0.2, 0.25) is 0 Å². The molecule has 0 saturated carbocycles. The number of methoxy groups -OCH3 is 1. The highest BCUT2D eigenvalue weighted by Gasteiger charge is 2.22. The first-order valence-corrected chi connectivity index (χ1v) is 6.99. The van der Waals surface area contributed by atoms with Gasteiger partial charge in [-0.15, -0.1) is 0 Å². The van der Waals surface area contributed by atoms with Crippen molar-refractivity contribution in [3.05, 3.63) is 0 Å². The van der Waals surface area contributed by atoms with Crippen LogP contribution in [0.25, 0.3) is 0 Å². The first kappa shape index (κ1) is 17.8. The molecule has 0 aromatic rings. The summed E-state index contributed by atoms with van der Waals surface area (Å²) in [4.78, 5) is 0. The van der Waals surface area contributed by atoms with Crippen LogP contribution in [0.2, 0.25) is 0 Å². The van der Waals surface area contributed by atoms with Gasteiger partial charge in [-0.3, -0.25) is 0 Å². The van der Waals surface area contributed by atoms with Crippen molar-refractivity contribution in [2.45, 2.75) is 58.0 Å². The molecule has 0 spiro atoms. The molecule has 0 saturated heterocycles. The normalized spacial score (nSPS) is 15.0. The van der Waals surface area contributed by atoms with Gasteiger partial charge < -0.3 is 19.9 Å². The zero-order valence-corrected chi connectivity index (χ0v) is 12.5. The van der Waals surface area contributed by atoms with E-state index >= 15 is 0 Å². The molecule has 0 aromatic heterocycles. The van der Waals surface area contributed by atoms with Crippen LogP contribution in [0.15, 0.2) is 0 Å². The molecule has 1 atom stereocenters. The van der Waals surface area contributed by atoms with Gasteiger partial charge in [0.1, 0.15) is 0 Å². The molecule has 0 aliphatic rings.